The van der Waals surface area contributed by atoms with E-state index in [1.165, 1.54) is 0 Å². The summed E-state index contributed by atoms with van der Waals surface area (Å²) in [4.78, 5) is 14.6. The third-order valence-corrected chi connectivity index (χ3v) is 5.53. The molecule has 2 unspecified atom stereocenters. The average Bonchev–Trinajstić information content (AvgIpc) is 3.34. The van der Waals surface area contributed by atoms with Crippen molar-refractivity contribution in [2.75, 3.05) is 19.0 Å². The normalized spacial score (nSPS) is 17.8. The Morgan fingerprint density at radius 3 is 2.61 bits per heavy atom. The number of amides is 1. The Labute approximate surface area is 194 Å². The highest BCUT2D eigenvalue weighted by molar-refractivity contribution is 5.85. The van der Waals surface area contributed by atoms with Crippen LogP contribution in [0.2, 0.25) is 0 Å². The predicted molar refractivity (Wildman–Crippen MR) is 131 cm³/mol. The zero-order valence-corrected chi connectivity index (χ0v) is 18.9. The molecule has 33 heavy (non-hydrogen) atoms. The molecule has 170 valence electrons. The molecule has 0 radical (unpaired) electrons. The Balaban J connectivity index is 1.28. The summed E-state index contributed by atoms with van der Waals surface area (Å²) in [6.07, 6.45) is 2.26. The third kappa shape index (κ3) is 6.19. The van der Waals surface area contributed by atoms with E-state index in [1.807, 2.05) is 97.9 Å². The summed E-state index contributed by atoms with van der Waals surface area (Å²) >= 11 is 0. The van der Waals surface area contributed by atoms with Crippen molar-refractivity contribution in [3.8, 4) is 5.75 Å². The van der Waals surface area contributed by atoms with E-state index in [0.29, 0.717) is 13.0 Å². The topological polar surface area (TPSA) is 78.0 Å². The van der Waals surface area contributed by atoms with Crippen molar-refractivity contribution < 1.29 is 9.53 Å². The largest absolute Gasteiger partial charge is 0.489 e. The summed E-state index contributed by atoms with van der Waals surface area (Å²) in [5, 5.41) is 4.10. The monoisotopic (exact) mass is 443 g/mol. The average molecular weight is 444 g/mol. The number of carbonyl (C=O) groups excluding carboxylic acids is 1. The van der Waals surface area contributed by atoms with Gasteiger partial charge in [0, 0.05) is 25.8 Å². The van der Waals surface area contributed by atoms with E-state index in [1.54, 1.807) is 6.21 Å². The molecule has 0 aliphatic carbocycles. The van der Waals surface area contributed by atoms with E-state index in [-0.39, 0.29) is 18.0 Å². The van der Waals surface area contributed by atoms with Gasteiger partial charge in [0.2, 0.25) is 0 Å². The van der Waals surface area contributed by atoms with E-state index in [4.69, 9.17) is 4.74 Å². The Kier molecular flexibility index (Phi) is 7.34. The Morgan fingerprint density at radius 2 is 1.85 bits per heavy atom. The predicted octanol–water partition coefficient (Wildman–Crippen LogP) is 3.39. The quantitative estimate of drug-likeness (QED) is 0.368. The number of carbonyl (C=O) groups is 1. The van der Waals surface area contributed by atoms with E-state index < -0.39 is 0 Å². The SMILES string of the molecule is CN(C)c1ccc(/C=N/NC(=O)C2CC(c3cccc(OCc4ccccc4)c3)NN2)cc1. The fourth-order valence-electron chi connectivity index (χ4n) is 3.62. The fraction of sp³-hybridized carbons (Fsp3) is 0.231. The minimum Gasteiger partial charge on any atom is -0.489 e. The van der Waals surface area contributed by atoms with Gasteiger partial charge in [-0.1, -0.05) is 54.6 Å². The molecule has 1 aliphatic heterocycles. The summed E-state index contributed by atoms with van der Waals surface area (Å²) in [6, 6.07) is 25.6. The molecule has 1 aliphatic rings. The third-order valence-electron chi connectivity index (χ3n) is 5.53. The van der Waals surface area contributed by atoms with Crippen LogP contribution in [-0.4, -0.2) is 32.3 Å². The van der Waals surface area contributed by atoms with Crippen LogP contribution >= 0.6 is 0 Å². The molecule has 0 saturated carbocycles. The number of hydrazone groups is 1. The number of hydrogen-bond donors (Lipinski definition) is 3. The van der Waals surface area contributed by atoms with Crippen LogP contribution in [-0.2, 0) is 11.4 Å². The molecule has 0 aromatic heterocycles. The zero-order chi connectivity index (χ0) is 23.0. The highest BCUT2D eigenvalue weighted by atomic mass is 16.5. The molecular weight excluding hydrogens is 414 g/mol. The molecule has 3 aromatic carbocycles. The minimum absolute atomic E-state index is 0.00332. The first-order valence-electron chi connectivity index (χ1n) is 11.0. The molecule has 4 rings (SSSR count). The molecule has 3 N–H and O–H groups in total. The number of nitrogens with zero attached hydrogens (tertiary/aromatic N) is 2. The molecule has 1 saturated heterocycles. The van der Waals surface area contributed by atoms with Gasteiger partial charge < -0.3 is 9.64 Å². The van der Waals surface area contributed by atoms with Crippen molar-refractivity contribution >= 4 is 17.8 Å². The lowest BCUT2D eigenvalue weighted by atomic mass is 10.0. The molecule has 1 amide bonds. The maximum absolute atomic E-state index is 12.5. The van der Waals surface area contributed by atoms with Gasteiger partial charge in [0.1, 0.15) is 18.4 Å². The summed E-state index contributed by atoms with van der Waals surface area (Å²) < 4.78 is 5.93. The molecule has 7 nitrogen and oxygen atoms in total. The molecule has 3 aromatic rings. The maximum atomic E-state index is 12.5. The van der Waals surface area contributed by atoms with Gasteiger partial charge in [0.05, 0.1) is 6.21 Å². The summed E-state index contributed by atoms with van der Waals surface area (Å²) in [6.45, 7) is 0.515. The van der Waals surface area contributed by atoms with Crippen molar-refractivity contribution in [2.45, 2.75) is 25.1 Å². The number of nitrogens with one attached hydrogen (secondary N) is 3. The van der Waals surface area contributed by atoms with E-state index in [9.17, 15) is 4.79 Å². The van der Waals surface area contributed by atoms with Crippen LogP contribution in [0.25, 0.3) is 0 Å². The van der Waals surface area contributed by atoms with Crippen LogP contribution in [0, 0.1) is 0 Å². The lowest BCUT2D eigenvalue weighted by Crippen LogP contribution is -2.41. The van der Waals surface area contributed by atoms with E-state index >= 15 is 0 Å². The van der Waals surface area contributed by atoms with Gasteiger partial charge >= 0.3 is 0 Å². The number of hydrazine groups is 1. The molecular formula is C26H29N5O2. The highest BCUT2D eigenvalue weighted by Crippen LogP contribution is 2.26. The van der Waals surface area contributed by atoms with E-state index in [0.717, 1.165) is 28.1 Å². The van der Waals surface area contributed by atoms with Gasteiger partial charge in [0.25, 0.3) is 5.91 Å². The van der Waals surface area contributed by atoms with Crippen molar-refractivity contribution in [1.29, 1.82) is 0 Å². The first-order chi connectivity index (χ1) is 16.1. The van der Waals surface area contributed by atoms with Crippen LogP contribution < -0.4 is 25.9 Å². The lowest BCUT2D eigenvalue weighted by molar-refractivity contribution is -0.122. The first kappa shape index (κ1) is 22.5. The highest BCUT2D eigenvalue weighted by Gasteiger charge is 2.30. The first-order valence-corrected chi connectivity index (χ1v) is 11.0. The van der Waals surface area contributed by atoms with Gasteiger partial charge in [-0.25, -0.2) is 16.3 Å². The van der Waals surface area contributed by atoms with E-state index in [2.05, 4.69) is 21.4 Å². The number of benzene rings is 3. The van der Waals surface area contributed by atoms with Crippen LogP contribution in [0.1, 0.15) is 29.2 Å². The molecule has 0 bridgehead atoms. The van der Waals surface area contributed by atoms with Gasteiger partial charge in [0.15, 0.2) is 0 Å². The maximum Gasteiger partial charge on any atom is 0.258 e. The standard InChI is InChI=1S/C26H29N5O2/c1-31(2)22-13-11-19(12-14-22)17-27-30-26(32)25-16-24(28-29-25)21-9-6-10-23(15-21)33-18-20-7-4-3-5-8-20/h3-15,17,24-25,28-29H,16,18H2,1-2H3,(H,30,32)/b27-17+. The van der Waals surface area contributed by atoms with Gasteiger partial charge in [-0.15, -0.1) is 0 Å². The van der Waals surface area contributed by atoms with Crippen molar-refractivity contribution in [2.24, 2.45) is 5.10 Å². The minimum atomic E-state index is -0.378. The second-order valence-corrected chi connectivity index (χ2v) is 8.20. The Bertz CT molecular complexity index is 1080. The molecule has 0 spiro atoms. The van der Waals surface area contributed by atoms with Crippen molar-refractivity contribution in [1.82, 2.24) is 16.3 Å². The van der Waals surface area contributed by atoms with Crippen LogP contribution in [0.3, 0.4) is 0 Å². The Morgan fingerprint density at radius 1 is 1.06 bits per heavy atom. The van der Waals surface area contributed by atoms with Gasteiger partial charge in [-0.3, -0.25) is 4.79 Å². The van der Waals surface area contributed by atoms with Crippen molar-refractivity contribution in [3.05, 3.63) is 95.6 Å². The number of ether oxygens (including phenoxy) is 1. The summed E-state index contributed by atoms with van der Waals surface area (Å²) in [5.74, 6) is 0.624. The molecule has 7 heteroatoms. The van der Waals surface area contributed by atoms with Crippen LogP contribution in [0.4, 0.5) is 5.69 Å². The van der Waals surface area contributed by atoms with Crippen LogP contribution in [0.5, 0.6) is 5.75 Å². The van der Waals surface area contributed by atoms with Gasteiger partial charge in [-0.2, -0.15) is 5.10 Å². The summed E-state index contributed by atoms with van der Waals surface area (Å²) in [7, 11) is 3.99. The van der Waals surface area contributed by atoms with Crippen LogP contribution in [0.15, 0.2) is 84.0 Å². The number of hydrogen-bond acceptors (Lipinski definition) is 6. The fourth-order valence-corrected chi connectivity index (χ4v) is 3.62. The number of rotatable bonds is 8. The Hall–Kier alpha value is -3.68. The second-order valence-electron chi connectivity index (χ2n) is 8.20. The lowest BCUT2D eigenvalue weighted by Gasteiger charge is -2.12. The second kappa shape index (κ2) is 10.8. The van der Waals surface area contributed by atoms with Crippen molar-refractivity contribution in [3.63, 3.8) is 0 Å². The smallest absolute Gasteiger partial charge is 0.258 e. The van der Waals surface area contributed by atoms with Gasteiger partial charge in [-0.05, 0) is 47.4 Å². The molecule has 2 atom stereocenters. The molecule has 1 heterocycles. The number of anilines is 1. The molecule has 1 fully saturated rings. The summed E-state index contributed by atoms with van der Waals surface area (Å²) in [5.41, 5.74) is 13.1. The zero-order valence-electron chi connectivity index (χ0n) is 18.9.